The first kappa shape index (κ1) is 16.3. The van der Waals surface area contributed by atoms with Crippen LogP contribution >= 0.6 is 0 Å². The Hall–Kier alpha value is -1.74. The number of halogens is 10. The zero-order valence-corrected chi connectivity index (χ0v) is 7.78. The molecule has 0 bridgehead atoms. The molecule has 0 aliphatic carbocycles. The van der Waals surface area contributed by atoms with Crippen LogP contribution in [0.1, 0.15) is 0 Å². The van der Waals surface area contributed by atoms with E-state index in [1.807, 2.05) is 0 Å². The normalized spacial score (nSPS) is 13.7. The second-order valence-corrected chi connectivity index (χ2v) is 2.40. The second-order valence-electron chi connectivity index (χ2n) is 2.40. The van der Waals surface area contributed by atoms with Crippen LogP contribution in [0.25, 0.3) is 0 Å². The van der Waals surface area contributed by atoms with Crippen molar-refractivity contribution in [1.82, 2.24) is 0 Å². The van der Waals surface area contributed by atoms with E-state index in [-0.39, 0.29) is 0 Å². The maximum absolute atomic E-state index is 12.5. The van der Waals surface area contributed by atoms with Gasteiger partial charge in [-0.25, -0.2) is 17.6 Å². The van der Waals surface area contributed by atoms with E-state index >= 15 is 0 Å². The average Bonchev–Trinajstić information content (AvgIpc) is 2.32. The highest BCUT2D eigenvalue weighted by Crippen LogP contribution is 2.33. The summed E-state index contributed by atoms with van der Waals surface area (Å²) in [5.41, 5.74) is 0. The lowest BCUT2D eigenvalue weighted by Crippen LogP contribution is -1.90. The van der Waals surface area contributed by atoms with Crippen molar-refractivity contribution in [3.05, 3.63) is 47.1 Å². The lowest BCUT2D eigenvalue weighted by atomic mass is 10.3. The molecule has 0 nitrogen and oxygen atoms in total. The Morgan fingerprint density at radius 3 is 0.611 bits per heavy atom. The molecule has 10 heteroatoms. The monoisotopic (exact) mass is 286 g/mol. The van der Waals surface area contributed by atoms with Crippen LogP contribution in [0, 0.1) is 0 Å². The highest BCUT2D eigenvalue weighted by atomic mass is 19.3. The van der Waals surface area contributed by atoms with E-state index < -0.39 is 47.1 Å². The minimum absolute atomic E-state index is 3.18. The number of hydrogen-bond acceptors (Lipinski definition) is 0. The third kappa shape index (κ3) is 3.64. The topological polar surface area (TPSA) is 0 Å². The first-order valence-corrected chi connectivity index (χ1v) is 3.64. The van der Waals surface area contributed by atoms with Gasteiger partial charge in [-0.2, -0.15) is 26.3 Å². The highest BCUT2D eigenvalue weighted by molar-refractivity contribution is 5.37. The molecule has 0 aliphatic heterocycles. The maximum Gasteiger partial charge on any atom is 0.308 e. The summed E-state index contributed by atoms with van der Waals surface area (Å²) in [4.78, 5) is 0. The molecular formula is C8F10. The highest BCUT2D eigenvalue weighted by Gasteiger charge is 2.26. The van der Waals surface area contributed by atoms with Gasteiger partial charge in [-0.05, 0) is 0 Å². The molecule has 0 spiro atoms. The van der Waals surface area contributed by atoms with E-state index in [4.69, 9.17) is 0 Å². The van der Waals surface area contributed by atoms with Gasteiger partial charge in [0.2, 0.25) is 35.0 Å². The van der Waals surface area contributed by atoms with E-state index in [2.05, 4.69) is 0 Å². The Bertz CT molecular complexity index is 414. The smallest absolute Gasteiger partial charge is 0.200 e. The van der Waals surface area contributed by atoms with Gasteiger partial charge in [-0.1, -0.05) is 0 Å². The van der Waals surface area contributed by atoms with Crippen molar-refractivity contribution in [2.24, 2.45) is 0 Å². The molecule has 0 saturated heterocycles. The van der Waals surface area contributed by atoms with Crippen LogP contribution in [0.3, 0.4) is 0 Å². The molecule has 102 valence electrons. The quantitative estimate of drug-likeness (QED) is 0.478. The summed E-state index contributed by atoms with van der Waals surface area (Å²) in [6.45, 7) is 0. The number of rotatable bonds is 3. The minimum atomic E-state index is -3.41. The summed E-state index contributed by atoms with van der Waals surface area (Å²) >= 11 is 0. The molecule has 0 radical (unpaired) electrons. The van der Waals surface area contributed by atoms with Crippen LogP contribution in [0.5, 0.6) is 0 Å². The van der Waals surface area contributed by atoms with E-state index in [1.165, 1.54) is 0 Å². The summed E-state index contributed by atoms with van der Waals surface area (Å²) in [5.74, 6) is -19.2. The predicted molar refractivity (Wildman–Crippen MR) is 39.2 cm³/mol. The van der Waals surface area contributed by atoms with Gasteiger partial charge < -0.3 is 0 Å². The molecule has 0 aromatic heterocycles. The van der Waals surface area contributed by atoms with Crippen molar-refractivity contribution < 1.29 is 43.9 Å². The zero-order chi connectivity index (χ0) is 14.6. The summed E-state index contributed by atoms with van der Waals surface area (Å²) in [5, 5.41) is 0. The minimum Gasteiger partial charge on any atom is -0.200 e. The Morgan fingerprint density at radius 2 is 0.444 bits per heavy atom. The van der Waals surface area contributed by atoms with E-state index in [0.717, 1.165) is 0 Å². The maximum atomic E-state index is 12.5. The Balaban J connectivity index is 5.83. The van der Waals surface area contributed by atoms with Gasteiger partial charge in [0.25, 0.3) is 0 Å². The van der Waals surface area contributed by atoms with Gasteiger partial charge in [0.15, 0.2) is 0 Å². The lowest BCUT2D eigenvalue weighted by Gasteiger charge is -1.98. The second kappa shape index (κ2) is 6.26. The molecule has 0 atom stereocenters. The van der Waals surface area contributed by atoms with Gasteiger partial charge >= 0.3 is 12.2 Å². The Labute approximate surface area is 92.2 Å². The number of allylic oxidation sites excluding steroid dienone is 6. The standard InChI is InChI=1S/C8F10/c9-1(3(11)5(13)7(15)16)2(10)4(12)6(14)8(17)18. The fraction of sp³-hybridized carbons (Fsp3) is 0. The van der Waals surface area contributed by atoms with Gasteiger partial charge in [0, 0.05) is 0 Å². The molecule has 0 amide bonds. The Morgan fingerprint density at radius 1 is 0.278 bits per heavy atom. The van der Waals surface area contributed by atoms with Crippen LogP contribution in [-0.4, -0.2) is 0 Å². The van der Waals surface area contributed by atoms with Crippen molar-refractivity contribution in [2.75, 3.05) is 0 Å². The fourth-order valence-corrected chi connectivity index (χ4v) is 0.551. The van der Waals surface area contributed by atoms with E-state index in [1.54, 1.807) is 0 Å². The first-order chi connectivity index (χ1) is 8.11. The molecule has 18 heavy (non-hydrogen) atoms. The van der Waals surface area contributed by atoms with Gasteiger partial charge in [0.1, 0.15) is 0 Å². The van der Waals surface area contributed by atoms with Crippen molar-refractivity contribution in [3.8, 4) is 0 Å². The third-order valence-electron chi connectivity index (χ3n) is 1.30. The van der Waals surface area contributed by atoms with E-state index in [0.29, 0.717) is 0 Å². The average molecular weight is 286 g/mol. The predicted octanol–water partition coefficient (Wildman–Crippen LogP) is 5.44. The van der Waals surface area contributed by atoms with Gasteiger partial charge in [0.05, 0.1) is 0 Å². The largest absolute Gasteiger partial charge is 0.308 e. The summed E-state index contributed by atoms with van der Waals surface area (Å²) in [6.07, 6.45) is -6.83. The van der Waals surface area contributed by atoms with Crippen LogP contribution in [-0.2, 0) is 0 Å². The van der Waals surface area contributed by atoms with Crippen LogP contribution in [0.15, 0.2) is 47.1 Å². The molecular weight excluding hydrogens is 286 g/mol. The fourth-order valence-electron chi connectivity index (χ4n) is 0.551. The van der Waals surface area contributed by atoms with Gasteiger partial charge in [-0.15, -0.1) is 0 Å². The first-order valence-electron chi connectivity index (χ1n) is 3.64. The molecule has 0 aromatic rings. The molecule has 0 heterocycles. The van der Waals surface area contributed by atoms with Crippen molar-refractivity contribution in [2.45, 2.75) is 0 Å². The van der Waals surface area contributed by atoms with Crippen LogP contribution in [0.4, 0.5) is 43.9 Å². The molecule has 0 aromatic carbocycles. The lowest BCUT2D eigenvalue weighted by molar-refractivity contribution is 0.357. The van der Waals surface area contributed by atoms with Crippen molar-refractivity contribution >= 4 is 0 Å². The molecule has 0 aliphatic rings. The Kier molecular flexibility index (Phi) is 5.66. The SMILES string of the molecule is FC(F)=C(F)C(F)=C(F)C(F)=C(F)C(F)=C(F)F. The van der Waals surface area contributed by atoms with Gasteiger partial charge in [-0.3, -0.25) is 0 Å². The molecule has 0 rings (SSSR count). The van der Waals surface area contributed by atoms with Crippen LogP contribution in [0.2, 0.25) is 0 Å². The molecule has 0 saturated carbocycles. The van der Waals surface area contributed by atoms with Crippen molar-refractivity contribution in [3.63, 3.8) is 0 Å². The van der Waals surface area contributed by atoms with Crippen molar-refractivity contribution in [1.29, 1.82) is 0 Å². The summed E-state index contributed by atoms with van der Waals surface area (Å²) in [7, 11) is 0. The molecule has 0 unspecified atom stereocenters. The molecule has 0 N–H and O–H groups in total. The molecule has 0 fully saturated rings. The number of hydrogen-bond donors (Lipinski definition) is 0. The summed E-state index contributed by atoms with van der Waals surface area (Å²) in [6, 6.07) is 0. The summed E-state index contributed by atoms with van der Waals surface area (Å²) < 4.78 is 119. The van der Waals surface area contributed by atoms with Crippen LogP contribution < -0.4 is 0 Å². The zero-order valence-electron chi connectivity index (χ0n) is 7.78. The van der Waals surface area contributed by atoms with E-state index in [9.17, 15) is 43.9 Å². The third-order valence-corrected chi connectivity index (χ3v) is 1.30.